The van der Waals surface area contributed by atoms with Gasteiger partial charge < -0.3 is 4.90 Å². The van der Waals surface area contributed by atoms with Gasteiger partial charge in [0, 0.05) is 18.3 Å². The van der Waals surface area contributed by atoms with Crippen LogP contribution in [0.3, 0.4) is 0 Å². The van der Waals surface area contributed by atoms with E-state index < -0.39 is 4.92 Å². The molecule has 0 radical (unpaired) electrons. The Morgan fingerprint density at radius 2 is 1.86 bits per heavy atom. The number of carbonyl (C=O) groups is 1. The molecule has 0 saturated carbocycles. The van der Waals surface area contributed by atoms with E-state index in [2.05, 4.69) is 15.9 Å². The fraction of sp³-hybridized carbons (Fsp3) is 0.133. The van der Waals surface area contributed by atoms with Crippen LogP contribution in [0, 0.1) is 10.1 Å². The fourth-order valence-corrected chi connectivity index (χ4v) is 2.60. The van der Waals surface area contributed by atoms with E-state index in [0.29, 0.717) is 6.54 Å². The molecule has 1 amide bonds. The minimum absolute atomic E-state index is 0.120. The van der Waals surface area contributed by atoms with E-state index in [1.165, 1.54) is 12.1 Å². The molecule has 5 nitrogen and oxygen atoms in total. The highest BCUT2D eigenvalue weighted by Crippen LogP contribution is 2.30. The van der Waals surface area contributed by atoms with Gasteiger partial charge in [-0.05, 0) is 41.1 Å². The third kappa shape index (κ3) is 3.11. The molecule has 0 N–H and O–H groups in total. The van der Waals surface area contributed by atoms with Gasteiger partial charge in [0.05, 0.1) is 10.5 Å². The highest BCUT2D eigenvalue weighted by molar-refractivity contribution is 9.10. The molecule has 0 aliphatic heterocycles. The number of benzene rings is 2. The summed E-state index contributed by atoms with van der Waals surface area (Å²) in [5, 5.41) is 11.0. The summed E-state index contributed by atoms with van der Waals surface area (Å²) >= 11 is 3.16. The summed E-state index contributed by atoms with van der Waals surface area (Å²) in [5.41, 5.74) is 0.906. The van der Waals surface area contributed by atoms with Gasteiger partial charge in [0.25, 0.3) is 11.6 Å². The first kappa shape index (κ1) is 15.2. The van der Waals surface area contributed by atoms with Crippen molar-refractivity contribution in [2.45, 2.75) is 6.92 Å². The van der Waals surface area contributed by atoms with Gasteiger partial charge in [-0.15, -0.1) is 0 Å². The van der Waals surface area contributed by atoms with Gasteiger partial charge >= 0.3 is 0 Å². The summed E-state index contributed by atoms with van der Waals surface area (Å²) in [6.07, 6.45) is 0. The van der Waals surface area contributed by atoms with Gasteiger partial charge in [0.15, 0.2) is 0 Å². The number of nitro benzene ring substituents is 1. The standard InChI is InChI=1S/C15H13BrN2O3/c1-2-17(11-7-4-3-5-8-11)15(19)12-9-6-10-13(14(12)16)18(20)21/h3-10H,2H2,1H3. The first-order valence-corrected chi connectivity index (χ1v) is 7.15. The molecule has 2 rings (SSSR count). The average Bonchev–Trinajstić information content (AvgIpc) is 2.49. The zero-order chi connectivity index (χ0) is 15.4. The van der Waals surface area contributed by atoms with Gasteiger partial charge in [-0.3, -0.25) is 14.9 Å². The highest BCUT2D eigenvalue weighted by atomic mass is 79.9. The number of rotatable bonds is 4. The summed E-state index contributed by atoms with van der Waals surface area (Å²) in [5.74, 6) is -0.278. The van der Waals surface area contributed by atoms with Crippen molar-refractivity contribution >= 4 is 33.2 Å². The van der Waals surface area contributed by atoms with Crippen molar-refractivity contribution in [2.24, 2.45) is 0 Å². The van der Waals surface area contributed by atoms with Crippen LogP contribution in [0.4, 0.5) is 11.4 Å². The molecule has 0 bridgehead atoms. The Morgan fingerprint density at radius 3 is 2.43 bits per heavy atom. The van der Waals surface area contributed by atoms with E-state index >= 15 is 0 Å². The maximum absolute atomic E-state index is 12.6. The average molecular weight is 349 g/mol. The molecule has 2 aromatic rings. The van der Waals surface area contributed by atoms with Gasteiger partial charge in [-0.2, -0.15) is 0 Å². The third-order valence-electron chi connectivity index (χ3n) is 3.03. The topological polar surface area (TPSA) is 63.5 Å². The maximum Gasteiger partial charge on any atom is 0.284 e. The van der Waals surface area contributed by atoms with Crippen LogP contribution in [0.2, 0.25) is 0 Å². The number of amides is 1. The predicted octanol–water partition coefficient (Wildman–Crippen LogP) is 4.02. The van der Waals surface area contributed by atoms with Gasteiger partial charge in [0.2, 0.25) is 0 Å². The fourth-order valence-electron chi connectivity index (χ4n) is 2.02. The van der Waals surface area contributed by atoms with E-state index in [-0.39, 0.29) is 21.6 Å². The molecule has 21 heavy (non-hydrogen) atoms. The Bertz CT molecular complexity index is 674. The van der Waals surface area contributed by atoms with E-state index in [1.807, 2.05) is 37.3 Å². The predicted molar refractivity (Wildman–Crippen MR) is 84.6 cm³/mol. The zero-order valence-electron chi connectivity index (χ0n) is 11.3. The quantitative estimate of drug-likeness (QED) is 0.619. The van der Waals surface area contributed by atoms with Crippen molar-refractivity contribution in [1.82, 2.24) is 0 Å². The number of hydrogen-bond acceptors (Lipinski definition) is 3. The number of anilines is 1. The van der Waals surface area contributed by atoms with Crippen molar-refractivity contribution in [3.8, 4) is 0 Å². The Morgan fingerprint density at radius 1 is 1.19 bits per heavy atom. The van der Waals surface area contributed by atoms with Crippen molar-refractivity contribution < 1.29 is 9.72 Å². The third-order valence-corrected chi connectivity index (χ3v) is 3.87. The lowest BCUT2D eigenvalue weighted by molar-refractivity contribution is -0.385. The lowest BCUT2D eigenvalue weighted by atomic mass is 10.1. The first-order chi connectivity index (χ1) is 10.1. The molecule has 0 unspecified atom stereocenters. The molecule has 0 heterocycles. The lowest BCUT2D eigenvalue weighted by Gasteiger charge is -2.21. The largest absolute Gasteiger partial charge is 0.309 e. The van der Waals surface area contributed by atoms with Crippen LogP contribution in [0.5, 0.6) is 0 Å². The van der Waals surface area contributed by atoms with Gasteiger partial charge in [-0.25, -0.2) is 0 Å². The van der Waals surface area contributed by atoms with Crippen LogP contribution < -0.4 is 4.90 Å². The normalized spacial score (nSPS) is 10.2. The minimum Gasteiger partial charge on any atom is -0.309 e. The summed E-state index contributed by atoms with van der Waals surface area (Å²) in [4.78, 5) is 24.7. The monoisotopic (exact) mass is 348 g/mol. The van der Waals surface area contributed by atoms with Crippen LogP contribution in [0.25, 0.3) is 0 Å². The van der Waals surface area contributed by atoms with Crippen molar-refractivity contribution in [3.05, 3.63) is 68.7 Å². The molecule has 0 aliphatic carbocycles. The summed E-state index contributed by atoms with van der Waals surface area (Å²) < 4.78 is 0.203. The molecule has 6 heteroatoms. The van der Waals surface area contributed by atoms with Crippen molar-refractivity contribution in [2.75, 3.05) is 11.4 Å². The molecule has 0 aliphatic rings. The number of carbonyl (C=O) groups excluding carboxylic acids is 1. The van der Waals surface area contributed by atoms with E-state index in [0.717, 1.165) is 5.69 Å². The highest BCUT2D eigenvalue weighted by Gasteiger charge is 2.23. The molecule has 0 saturated heterocycles. The molecule has 0 aromatic heterocycles. The zero-order valence-corrected chi connectivity index (χ0v) is 12.9. The second-order valence-electron chi connectivity index (χ2n) is 4.28. The summed E-state index contributed by atoms with van der Waals surface area (Å²) in [6.45, 7) is 2.33. The van der Waals surface area contributed by atoms with Crippen LogP contribution in [0.1, 0.15) is 17.3 Å². The SMILES string of the molecule is CCN(C(=O)c1cccc([N+](=O)[O-])c1Br)c1ccccc1. The van der Waals surface area contributed by atoms with E-state index in [4.69, 9.17) is 0 Å². The molecule has 0 spiro atoms. The number of hydrogen-bond donors (Lipinski definition) is 0. The number of nitro groups is 1. The minimum atomic E-state index is -0.514. The molecule has 0 fully saturated rings. The second kappa shape index (κ2) is 6.49. The smallest absolute Gasteiger partial charge is 0.284 e. The Labute approximate surface area is 130 Å². The molecule has 0 atom stereocenters. The number of nitrogens with zero attached hydrogens (tertiary/aromatic N) is 2. The van der Waals surface area contributed by atoms with Gasteiger partial charge in [0.1, 0.15) is 4.47 Å². The first-order valence-electron chi connectivity index (χ1n) is 6.36. The maximum atomic E-state index is 12.6. The Hall–Kier alpha value is -2.21. The van der Waals surface area contributed by atoms with Crippen LogP contribution >= 0.6 is 15.9 Å². The van der Waals surface area contributed by atoms with Crippen molar-refractivity contribution in [1.29, 1.82) is 0 Å². The van der Waals surface area contributed by atoms with E-state index in [9.17, 15) is 14.9 Å². The Kier molecular flexibility index (Phi) is 4.70. The Balaban J connectivity index is 2.44. The number of para-hydroxylation sites is 1. The van der Waals surface area contributed by atoms with Crippen LogP contribution in [-0.2, 0) is 0 Å². The van der Waals surface area contributed by atoms with Crippen LogP contribution in [0.15, 0.2) is 53.0 Å². The molecular weight excluding hydrogens is 336 g/mol. The molecule has 108 valence electrons. The second-order valence-corrected chi connectivity index (χ2v) is 5.07. The lowest BCUT2D eigenvalue weighted by Crippen LogP contribution is -2.30. The summed E-state index contributed by atoms with van der Waals surface area (Å²) in [7, 11) is 0. The van der Waals surface area contributed by atoms with Crippen LogP contribution in [-0.4, -0.2) is 17.4 Å². The molecule has 2 aromatic carbocycles. The number of halogens is 1. The van der Waals surface area contributed by atoms with Crippen molar-refractivity contribution in [3.63, 3.8) is 0 Å². The van der Waals surface area contributed by atoms with Gasteiger partial charge in [-0.1, -0.05) is 24.3 Å². The molecular formula is C15H13BrN2O3. The summed E-state index contributed by atoms with van der Waals surface area (Å²) in [6, 6.07) is 13.6. The van der Waals surface area contributed by atoms with E-state index in [1.54, 1.807) is 11.0 Å².